The third-order valence-corrected chi connectivity index (χ3v) is 4.99. The Bertz CT molecular complexity index is 432. The Morgan fingerprint density at radius 2 is 1.81 bits per heavy atom. The largest absolute Gasteiger partial charge is 0.314 e. The molecule has 2 saturated heterocycles. The van der Waals surface area contributed by atoms with Crippen LogP contribution in [0.3, 0.4) is 0 Å². The summed E-state index contributed by atoms with van der Waals surface area (Å²) in [4.78, 5) is 5.03. The molecule has 1 atom stereocenters. The second kappa shape index (κ2) is 7.39. The summed E-state index contributed by atoms with van der Waals surface area (Å²) in [5, 5.41) is 3.68. The Hall–Kier alpha value is -0.900. The molecule has 0 radical (unpaired) electrons. The molecule has 2 heterocycles. The predicted octanol–water partition coefficient (Wildman–Crippen LogP) is 2.12. The topological polar surface area (TPSA) is 18.5 Å². The molecule has 21 heavy (non-hydrogen) atoms. The quantitative estimate of drug-likeness (QED) is 0.915. The minimum absolute atomic E-state index is 0.687. The van der Waals surface area contributed by atoms with E-state index in [2.05, 4.69) is 46.4 Å². The lowest BCUT2D eigenvalue weighted by Crippen LogP contribution is -2.44. The normalized spacial score (nSPS) is 25.1. The van der Waals surface area contributed by atoms with Crippen LogP contribution in [-0.4, -0.2) is 55.6 Å². The van der Waals surface area contributed by atoms with Crippen molar-refractivity contribution in [1.29, 1.82) is 0 Å². The predicted molar refractivity (Wildman–Crippen MR) is 88.6 cm³/mol. The second-order valence-electron chi connectivity index (χ2n) is 6.70. The molecule has 3 nitrogen and oxygen atoms in total. The van der Waals surface area contributed by atoms with E-state index in [4.69, 9.17) is 0 Å². The van der Waals surface area contributed by atoms with Crippen LogP contribution in [0.2, 0.25) is 0 Å². The molecule has 0 saturated carbocycles. The van der Waals surface area contributed by atoms with Gasteiger partial charge in [-0.25, -0.2) is 0 Å². The number of hydrogen-bond acceptors (Lipinski definition) is 3. The lowest BCUT2D eigenvalue weighted by molar-refractivity contribution is 0.148. The van der Waals surface area contributed by atoms with Gasteiger partial charge in [0.25, 0.3) is 0 Å². The number of nitrogens with one attached hydrogen (secondary N) is 1. The standard InChI is InChI=1S/C18H29N3/c1-20-10-12-21(13-11-20)15-17-7-3-2-6-16(17)14-18-8-4-5-9-19-18/h2-3,6-7,18-19H,4-5,8-15H2,1H3. The van der Waals surface area contributed by atoms with Gasteiger partial charge in [0.05, 0.1) is 0 Å². The molecule has 1 N–H and O–H groups in total. The molecular weight excluding hydrogens is 258 g/mol. The average molecular weight is 287 g/mol. The molecule has 3 rings (SSSR count). The Kier molecular flexibility index (Phi) is 5.28. The van der Waals surface area contributed by atoms with Gasteiger partial charge in [0, 0.05) is 38.8 Å². The first-order valence-electron chi connectivity index (χ1n) is 8.52. The fourth-order valence-corrected chi connectivity index (χ4v) is 3.52. The maximum Gasteiger partial charge on any atom is 0.0237 e. The molecule has 3 heteroatoms. The third kappa shape index (κ3) is 4.29. The summed E-state index contributed by atoms with van der Waals surface area (Å²) in [6.45, 7) is 7.12. The highest BCUT2D eigenvalue weighted by Gasteiger charge is 2.17. The van der Waals surface area contributed by atoms with Crippen molar-refractivity contribution < 1.29 is 0 Å². The lowest BCUT2D eigenvalue weighted by Gasteiger charge is -2.33. The number of nitrogens with zero attached hydrogens (tertiary/aromatic N) is 2. The zero-order valence-corrected chi connectivity index (χ0v) is 13.4. The van der Waals surface area contributed by atoms with Crippen molar-refractivity contribution in [1.82, 2.24) is 15.1 Å². The molecule has 1 unspecified atom stereocenters. The van der Waals surface area contributed by atoms with Gasteiger partial charge in [-0.2, -0.15) is 0 Å². The molecule has 0 amide bonds. The molecule has 2 fully saturated rings. The molecule has 2 aliphatic heterocycles. The van der Waals surface area contributed by atoms with Gasteiger partial charge >= 0.3 is 0 Å². The number of piperazine rings is 1. The summed E-state index contributed by atoms with van der Waals surface area (Å²) < 4.78 is 0. The van der Waals surface area contributed by atoms with E-state index >= 15 is 0 Å². The second-order valence-corrected chi connectivity index (χ2v) is 6.70. The van der Waals surface area contributed by atoms with Crippen LogP contribution in [0, 0.1) is 0 Å². The summed E-state index contributed by atoms with van der Waals surface area (Å²) in [6, 6.07) is 9.75. The van der Waals surface area contributed by atoms with Crippen molar-refractivity contribution in [3.8, 4) is 0 Å². The van der Waals surface area contributed by atoms with Crippen LogP contribution >= 0.6 is 0 Å². The highest BCUT2D eigenvalue weighted by molar-refractivity contribution is 5.28. The van der Waals surface area contributed by atoms with E-state index in [1.165, 1.54) is 64.0 Å². The number of piperidine rings is 1. The summed E-state index contributed by atoms with van der Waals surface area (Å²) in [7, 11) is 2.22. The first kappa shape index (κ1) is 15.0. The van der Waals surface area contributed by atoms with E-state index in [-0.39, 0.29) is 0 Å². The molecule has 2 aliphatic rings. The maximum atomic E-state index is 3.68. The van der Waals surface area contributed by atoms with E-state index in [1.54, 1.807) is 5.56 Å². The van der Waals surface area contributed by atoms with Crippen LogP contribution in [-0.2, 0) is 13.0 Å². The van der Waals surface area contributed by atoms with Crippen LogP contribution in [0.5, 0.6) is 0 Å². The minimum Gasteiger partial charge on any atom is -0.314 e. The minimum atomic E-state index is 0.687. The number of rotatable bonds is 4. The smallest absolute Gasteiger partial charge is 0.0237 e. The van der Waals surface area contributed by atoms with Crippen molar-refractivity contribution in [2.45, 2.75) is 38.3 Å². The van der Waals surface area contributed by atoms with Crippen molar-refractivity contribution >= 4 is 0 Å². The molecule has 0 spiro atoms. The van der Waals surface area contributed by atoms with Crippen LogP contribution in [0.4, 0.5) is 0 Å². The van der Waals surface area contributed by atoms with Gasteiger partial charge in [-0.1, -0.05) is 30.7 Å². The van der Waals surface area contributed by atoms with E-state index in [1.807, 2.05) is 0 Å². The van der Waals surface area contributed by atoms with Crippen LogP contribution < -0.4 is 5.32 Å². The number of hydrogen-bond donors (Lipinski definition) is 1. The fraction of sp³-hybridized carbons (Fsp3) is 0.667. The molecule has 0 aromatic heterocycles. The van der Waals surface area contributed by atoms with Crippen molar-refractivity contribution in [2.75, 3.05) is 39.8 Å². The Labute approximate surface area is 129 Å². The maximum absolute atomic E-state index is 3.68. The van der Waals surface area contributed by atoms with Crippen molar-refractivity contribution in [3.05, 3.63) is 35.4 Å². The molecule has 0 aliphatic carbocycles. The van der Waals surface area contributed by atoms with E-state index in [9.17, 15) is 0 Å². The van der Waals surface area contributed by atoms with Gasteiger partial charge in [0.2, 0.25) is 0 Å². The van der Waals surface area contributed by atoms with E-state index < -0.39 is 0 Å². The molecule has 1 aromatic rings. The Morgan fingerprint density at radius 1 is 1.05 bits per heavy atom. The van der Waals surface area contributed by atoms with Crippen LogP contribution in [0.15, 0.2) is 24.3 Å². The zero-order chi connectivity index (χ0) is 14.5. The van der Waals surface area contributed by atoms with Crippen molar-refractivity contribution in [2.24, 2.45) is 0 Å². The first-order valence-corrected chi connectivity index (χ1v) is 8.52. The van der Waals surface area contributed by atoms with Gasteiger partial charge in [-0.05, 0) is 44.0 Å². The number of benzene rings is 1. The van der Waals surface area contributed by atoms with Gasteiger partial charge in [-0.3, -0.25) is 4.90 Å². The highest BCUT2D eigenvalue weighted by Crippen LogP contribution is 2.18. The first-order chi connectivity index (χ1) is 10.3. The zero-order valence-electron chi connectivity index (χ0n) is 13.4. The fourth-order valence-electron chi connectivity index (χ4n) is 3.52. The van der Waals surface area contributed by atoms with Crippen LogP contribution in [0.25, 0.3) is 0 Å². The van der Waals surface area contributed by atoms with E-state index in [0.29, 0.717) is 6.04 Å². The molecule has 116 valence electrons. The third-order valence-electron chi connectivity index (χ3n) is 4.99. The lowest BCUT2D eigenvalue weighted by atomic mass is 9.94. The van der Waals surface area contributed by atoms with Gasteiger partial charge in [0.15, 0.2) is 0 Å². The average Bonchev–Trinajstić information content (AvgIpc) is 2.52. The van der Waals surface area contributed by atoms with Crippen LogP contribution in [0.1, 0.15) is 30.4 Å². The Morgan fingerprint density at radius 3 is 2.52 bits per heavy atom. The molecular formula is C18H29N3. The highest BCUT2D eigenvalue weighted by atomic mass is 15.2. The van der Waals surface area contributed by atoms with Gasteiger partial charge in [0.1, 0.15) is 0 Å². The summed E-state index contributed by atoms with van der Waals surface area (Å²) in [5.41, 5.74) is 3.09. The van der Waals surface area contributed by atoms with E-state index in [0.717, 1.165) is 6.54 Å². The van der Waals surface area contributed by atoms with Gasteiger partial charge < -0.3 is 10.2 Å². The monoisotopic (exact) mass is 287 g/mol. The Balaban J connectivity index is 1.61. The summed E-state index contributed by atoms with van der Waals surface area (Å²) in [5.74, 6) is 0. The van der Waals surface area contributed by atoms with Crippen molar-refractivity contribution in [3.63, 3.8) is 0 Å². The van der Waals surface area contributed by atoms with Gasteiger partial charge in [-0.15, -0.1) is 0 Å². The summed E-state index contributed by atoms with van der Waals surface area (Å²) in [6.07, 6.45) is 5.27. The molecule has 1 aromatic carbocycles. The SMILES string of the molecule is CN1CCN(Cc2ccccc2CC2CCCCN2)CC1. The summed E-state index contributed by atoms with van der Waals surface area (Å²) >= 11 is 0. The number of likely N-dealkylation sites (N-methyl/N-ethyl adjacent to an activating group) is 1. The molecule has 0 bridgehead atoms.